The molecule has 0 aliphatic heterocycles. The van der Waals surface area contributed by atoms with E-state index in [1.807, 2.05) is 18.2 Å². The number of allylic oxidation sites excluding steroid dienone is 9. The summed E-state index contributed by atoms with van der Waals surface area (Å²) in [6.45, 7) is 2.34. The molecule has 3 aliphatic rings. The summed E-state index contributed by atoms with van der Waals surface area (Å²) in [5, 5.41) is 1.33. The standard InChI is InChI=1S/C34H30N4/c1-23-12-10-20-29-28-19-8-9-21-30(28)38(31(23)29)27-18-11-17-26(22-27)34-36-32(24-13-4-2-5-14-24)35-33(37-34)25-15-6-3-7-16-25/h2,4-6,8-10,13-17,19-23H,3,7,11-12,18H2,1H3. The number of nitrogens with zero attached hydrogens (tertiary/aromatic N) is 4. The second-order valence-corrected chi connectivity index (χ2v) is 10.3. The fourth-order valence-corrected chi connectivity index (χ4v) is 5.90. The molecule has 0 bridgehead atoms. The van der Waals surface area contributed by atoms with E-state index in [4.69, 9.17) is 15.0 Å². The first-order chi connectivity index (χ1) is 18.8. The summed E-state index contributed by atoms with van der Waals surface area (Å²) >= 11 is 0. The largest absolute Gasteiger partial charge is 0.316 e. The fraction of sp³-hybridized carbons (Fsp3) is 0.206. The lowest BCUT2D eigenvalue weighted by Gasteiger charge is -2.23. The molecular formula is C34H30N4. The van der Waals surface area contributed by atoms with Gasteiger partial charge in [-0.05, 0) is 44.2 Å². The minimum absolute atomic E-state index is 0.469. The summed E-state index contributed by atoms with van der Waals surface area (Å²) in [5.41, 5.74) is 8.51. The predicted octanol–water partition coefficient (Wildman–Crippen LogP) is 8.47. The van der Waals surface area contributed by atoms with Gasteiger partial charge in [-0.2, -0.15) is 0 Å². The average Bonchev–Trinajstić information content (AvgIpc) is 3.34. The molecule has 7 rings (SSSR count). The van der Waals surface area contributed by atoms with E-state index in [0.717, 1.165) is 66.3 Å². The Bertz CT molecular complexity index is 1700. The van der Waals surface area contributed by atoms with Gasteiger partial charge in [0.05, 0.1) is 5.52 Å². The lowest BCUT2D eigenvalue weighted by Crippen LogP contribution is -2.11. The maximum Gasteiger partial charge on any atom is 0.164 e. The molecule has 2 aromatic heterocycles. The van der Waals surface area contributed by atoms with Crippen LogP contribution in [0.3, 0.4) is 0 Å². The normalized spacial score (nSPS) is 18.7. The van der Waals surface area contributed by atoms with Crippen LogP contribution in [-0.2, 0) is 0 Å². The van der Waals surface area contributed by atoms with Gasteiger partial charge in [0.1, 0.15) is 0 Å². The summed E-state index contributed by atoms with van der Waals surface area (Å²) in [7, 11) is 0. The minimum Gasteiger partial charge on any atom is -0.316 e. The van der Waals surface area contributed by atoms with E-state index in [0.29, 0.717) is 5.92 Å². The maximum absolute atomic E-state index is 5.01. The van der Waals surface area contributed by atoms with Gasteiger partial charge in [0.2, 0.25) is 0 Å². The molecule has 0 amide bonds. The van der Waals surface area contributed by atoms with E-state index in [9.17, 15) is 0 Å². The van der Waals surface area contributed by atoms with Crippen molar-refractivity contribution < 1.29 is 0 Å². The molecule has 186 valence electrons. The highest BCUT2D eigenvalue weighted by Crippen LogP contribution is 2.41. The Kier molecular flexibility index (Phi) is 5.73. The fourth-order valence-electron chi connectivity index (χ4n) is 5.90. The molecule has 2 aromatic carbocycles. The Morgan fingerprint density at radius 1 is 0.737 bits per heavy atom. The molecule has 38 heavy (non-hydrogen) atoms. The Hall–Kier alpha value is -4.31. The van der Waals surface area contributed by atoms with Crippen LogP contribution in [0.1, 0.15) is 67.9 Å². The molecule has 4 aromatic rings. The monoisotopic (exact) mass is 494 g/mol. The van der Waals surface area contributed by atoms with Crippen molar-refractivity contribution in [1.82, 2.24) is 19.5 Å². The first-order valence-electron chi connectivity index (χ1n) is 13.7. The quantitative estimate of drug-likeness (QED) is 0.286. The van der Waals surface area contributed by atoms with Gasteiger partial charge in [-0.1, -0.05) is 91.9 Å². The molecule has 4 heteroatoms. The van der Waals surface area contributed by atoms with Crippen LogP contribution in [0.5, 0.6) is 0 Å². The van der Waals surface area contributed by atoms with E-state index >= 15 is 0 Å². The second-order valence-electron chi connectivity index (χ2n) is 10.3. The molecule has 0 saturated carbocycles. The second kappa shape index (κ2) is 9.53. The maximum atomic E-state index is 5.01. The minimum atomic E-state index is 0.469. The first kappa shape index (κ1) is 22.9. The highest BCUT2D eigenvalue weighted by Gasteiger charge is 2.25. The summed E-state index contributed by atoms with van der Waals surface area (Å²) in [5.74, 6) is 2.67. The van der Waals surface area contributed by atoms with E-state index < -0.39 is 0 Å². The zero-order valence-electron chi connectivity index (χ0n) is 21.6. The van der Waals surface area contributed by atoms with Crippen molar-refractivity contribution in [2.75, 3.05) is 0 Å². The lowest BCUT2D eigenvalue weighted by molar-refractivity contribution is 0.720. The zero-order valence-corrected chi connectivity index (χ0v) is 21.6. The topological polar surface area (TPSA) is 43.6 Å². The van der Waals surface area contributed by atoms with Crippen LogP contribution in [0.25, 0.3) is 45.2 Å². The van der Waals surface area contributed by atoms with E-state index in [-0.39, 0.29) is 0 Å². The molecule has 4 nitrogen and oxygen atoms in total. The van der Waals surface area contributed by atoms with Crippen molar-refractivity contribution in [3.05, 3.63) is 114 Å². The highest BCUT2D eigenvalue weighted by atomic mass is 15.0. The van der Waals surface area contributed by atoms with E-state index in [1.54, 1.807) is 0 Å². The molecule has 0 saturated heterocycles. The van der Waals surface area contributed by atoms with E-state index in [2.05, 4.69) is 90.4 Å². The van der Waals surface area contributed by atoms with Gasteiger partial charge in [-0.25, -0.2) is 15.0 Å². The van der Waals surface area contributed by atoms with E-state index in [1.165, 1.54) is 27.9 Å². The SMILES string of the molecule is CC1CC=Cc2c1n(C1=CC(c3nc(C4=CCCC=C4)nc(-c4ccccc4)n3)=CCC1)c1ccccc21. The third kappa shape index (κ3) is 3.97. The van der Waals surface area contributed by atoms with Crippen molar-refractivity contribution in [3.8, 4) is 11.4 Å². The number of aromatic nitrogens is 4. The summed E-state index contributed by atoms with van der Waals surface area (Å²) in [6.07, 6.45) is 20.9. The molecule has 0 fully saturated rings. The Balaban J connectivity index is 1.38. The van der Waals surface area contributed by atoms with Gasteiger partial charge in [-0.3, -0.25) is 0 Å². The number of hydrogen-bond acceptors (Lipinski definition) is 3. The molecule has 0 N–H and O–H groups in total. The summed E-state index contributed by atoms with van der Waals surface area (Å²) in [6, 6.07) is 19.0. The number of rotatable bonds is 4. The van der Waals surface area contributed by atoms with Crippen LogP contribution in [0.15, 0.2) is 91.1 Å². The van der Waals surface area contributed by atoms with Crippen LogP contribution in [0.4, 0.5) is 0 Å². The number of fused-ring (bicyclic) bond motifs is 3. The number of para-hydroxylation sites is 1. The molecule has 2 heterocycles. The number of benzene rings is 2. The third-order valence-corrected chi connectivity index (χ3v) is 7.75. The molecule has 0 spiro atoms. The number of hydrogen-bond donors (Lipinski definition) is 0. The summed E-state index contributed by atoms with van der Waals surface area (Å²) in [4.78, 5) is 14.9. The van der Waals surface area contributed by atoms with Crippen LogP contribution in [-0.4, -0.2) is 19.5 Å². The van der Waals surface area contributed by atoms with Crippen molar-refractivity contribution in [2.24, 2.45) is 0 Å². The van der Waals surface area contributed by atoms with Gasteiger partial charge in [0.25, 0.3) is 0 Å². The highest BCUT2D eigenvalue weighted by molar-refractivity contribution is 5.95. The van der Waals surface area contributed by atoms with Gasteiger partial charge in [0, 0.05) is 45.0 Å². The third-order valence-electron chi connectivity index (χ3n) is 7.75. The average molecular weight is 495 g/mol. The van der Waals surface area contributed by atoms with Crippen molar-refractivity contribution >= 4 is 33.8 Å². The summed E-state index contributed by atoms with van der Waals surface area (Å²) < 4.78 is 2.51. The smallest absolute Gasteiger partial charge is 0.164 e. The van der Waals surface area contributed by atoms with Gasteiger partial charge < -0.3 is 4.57 Å². The first-order valence-corrected chi connectivity index (χ1v) is 13.7. The molecular weight excluding hydrogens is 464 g/mol. The molecule has 1 unspecified atom stereocenters. The Morgan fingerprint density at radius 2 is 1.50 bits per heavy atom. The Morgan fingerprint density at radius 3 is 2.34 bits per heavy atom. The van der Waals surface area contributed by atoms with Crippen molar-refractivity contribution in [1.29, 1.82) is 0 Å². The van der Waals surface area contributed by atoms with Crippen molar-refractivity contribution in [2.45, 2.75) is 44.9 Å². The van der Waals surface area contributed by atoms with Gasteiger partial charge in [0.15, 0.2) is 17.5 Å². The van der Waals surface area contributed by atoms with Crippen molar-refractivity contribution in [3.63, 3.8) is 0 Å². The van der Waals surface area contributed by atoms with Gasteiger partial charge in [-0.15, -0.1) is 0 Å². The van der Waals surface area contributed by atoms with Crippen LogP contribution < -0.4 is 0 Å². The lowest BCUT2D eigenvalue weighted by atomic mass is 9.93. The molecule has 3 aliphatic carbocycles. The van der Waals surface area contributed by atoms with Crippen LogP contribution in [0.2, 0.25) is 0 Å². The molecule has 1 atom stereocenters. The zero-order chi connectivity index (χ0) is 25.5. The van der Waals surface area contributed by atoms with Crippen LogP contribution >= 0.6 is 0 Å². The predicted molar refractivity (Wildman–Crippen MR) is 157 cm³/mol. The van der Waals surface area contributed by atoms with Gasteiger partial charge >= 0.3 is 0 Å². The molecule has 0 radical (unpaired) electrons. The van der Waals surface area contributed by atoms with Crippen LogP contribution in [0, 0.1) is 0 Å². The Labute approximate surface area is 223 Å².